The highest BCUT2D eigenvalue weighted by molar-refractivity contribution is 5.76. The summed E-state index contributed by atoms with van der Waals surface area (Å²) in [5.41, 5.74) is 0. The Morgan fingerprint density at radius 1 is 1.27 bits per heavy atom. The first-order valence-electron chi connectivity index (χ1n) is 8.96. The highest BCUT2D eigenvalue weighted by atomic mass is 16.5. The molecule has 1 saturated carbocycles. The van der Waals surface area contributed by atoms with E-state index in [-0.39, 0.29) is 5.91 Å². The van der Waals surface area contributed by atoms with Crippen LogP contribution in [0.15, 0.2) is 12.2 Å². The molecule has 0 radical (unpaired) electrons. The molecular formula is C18H30N2O2. The fourth-order valence-electron chi connectivity index (χ4n) is 4.14. The van der Waals surface area contributed by atoms with Gasteiger partial charge in [-0.3, -0.25) is 4.79 Å². The van der Waals surface area contributed by atoms with Gasteiger partial charge in [0.2, 0.25) is 5.91 Å². The molecule has 0 aromatic rings. The maximum Gasteiger partial charge on any atom is 0.220 e. The van der Waals surface area contributed by atoms with Crippen molar-refractivity contribution >= 4 is 5.91 Å². The van der Waals surface area contributed by atoms with Gasteiger partial charge in [-0.25, -0.2) is 0 Å². The van der Waals surface area contributed by atoms with Crippen LogP contribution in [0.2, 0.25) is 0 Å². The average molecular weight is 306 g/mol. The predicted molar refractivity (Wildman–Crippen MR) is 87.6 cm³/mol. The van der Waals surface area contributed by atoms with Crippen LogP contribution >= 0.6 is 0 Å². The van der Waals surface area contributed by atoms with Crippen LogP contribution < -0.4 is 5.32 Å². The quantitative estimate of drug-likeness (QED) is 0.579. The minimum atomic E-state index is 0.227. The number of carbonyl (C=O) groups is 1. The van der Waals surface area contributed by atoms with Gasteiger partial charge >= 0.3 is 0 Å². The number of piperidine rings is 1. The standard InChI is InChI=1S/C18H30N2O2/c1-20-8-5-17(6-9-20)22-10-2-7-19-18(21)13-16-12-14-3-4-15(16)11-14/h3-4,14-17H,2,5-13H2,1H3,(H,19,21)/t14-,15+,16+/m1/s1. The molecule has 0 aromatic carbocycles. The van der Waals surface area contributed by atoms with Crippen LogP contribution in [0.4, 0.5) is 0 Å². The fraction of sp³-hybridized carbons (Fsp3) is 0.833. The second-order valence-corrected chi connectivity index (χ2v) is 7.32. The van der Waals surface area contributed by atoms with Gasteiger partial charge in [-0.2, -0.15) is 0 Å². The van der Waals surface area contributed by atoms with Crippen molar-refractivity contribution in [2.45, 2.75) is 44.6 Å². The lowest BCUT2D eigenvalue weighted by molar-refractivity contribution is -0.122. The SMILES string of the molecule is CN1CCC(OCCCNC(=O)C[C@@H]2C[C@@H]3C=C[C@H]2C3)CC1. The van der Waals surface area contributed by atoms with Crippen molar-refractivity contribution in [3.63, 3.8) is 0 Å². The lowest BCUT2D eigenvalue weighted by Crippen LogP contribution is -2.34. The van der Waals surface area contributed by atoms with E-state index in [4.69, 9.17) is 4.74 Å². The van der Waals surface area contributed by atoms with Crippen molar-refractivity contribution in [3.8, 4) is 0 Å². The summed E-state index contributed by atoms with van der Waals surface area (Å²) in [5, 5.41) is 3.06. The van der Waals surface area contributed by atoms with Crippen molar-refractivity contribution in [3.05, 3.63) is 12.2 Å². The summed E-state index contributed by atoms with van der Waals surface area (Å²) in [6.45, 7) is 3.80. The molecule has 3 aliphatic rings. The molecule has 2 aliphatic carbocycles. The molecule has 4 nitrogen and oxygen atoms in total. The van der Waals surface area contributed by atoms with Gasteiger partial charge < -0.3 is 15.0 Å². The van der Waals surface area contributed by atoms with Crippen LogP contribution in [0.25, 0.3) is 0 Å². The summed E-state index contributed by atoms with van der Waals surface area (Å²) in [5.74, 6) is 2.24. The fourth-order valence-corrected chi connectivity index (χ4v) is 4.14. The first kappa shape index (κ1) is 16.0. The Morgan fingerprint density at radius 3 is 2.77 bits per heavy atom. The van der Waals surface area contributed by atoms with Crippen LogP contribution in [0, 0.1) is 17.8 Å². The Kier molecular flexibility index (Phi) is 5.53. The zero-order valence-electron chi connectivity index (χ0n) is 13.8. The summed E-state index contributed by atoms with van der Waals surface area (Å²) < 4.78 is 5.90. The molecule has 0 spiro atoms. The zero-order valence-corrected chi connectivity index (χ0v) is 13.8. The average Bonchev–Trinajstić information content (AvgIpc) is 3.11. The molecule has 0 unspecified atom stereocenters. The number of likely N-dealkylation sites (tertiary alicyclic amines) is 1. The largest absolute Gasteiger partial charge is 0.378 e. The number of hydrogen-bond acceptors (Lipinski definition) is 3. The predicted octanol–water partition coefficient (Wildman–Crippen LogP) is 2.21. The molecule has 1 saturated heterocycles. The molecule has 1 N–H and O–H groups in total. The van der Waals surface area contributed by atoms with Gasteiger partial charge in [-0.05, 0) is 56.9 Å². The molecule has 3 atom stereocenters. The van der Waals surface area contributed by atoms with E-state index >= 15 is 0 Å². The van der Waals surface area contributed by atoms with Crippen LogP contribution in [0.1, 0.15) is 38.5 Å². The zero-order chi connectivity index (χ0) is 15.4. The molecule has 4 heteroatoms. The topological polar surface area (TPSA) is 41.6 Å². The third-order valence-electron chi connectivity index (χ3n) is 5.53. The molecule has 22 heavy (non-hydrogen) atoms. The molecule has 1 aliphatic heterocycles. The van der Waals surface area contributed by atoms with Crippen LogP contribution in [-0.2, 0) is 9.53 Å². The minimum absolute atomic E-state index is 0.227. The maximum atomic E-state index is 12.0. The van der Waals surface area contributed by atoms with Gasteiger partial charge in [0.1, 0.15) is 0 Å². The normalized spacial score (nSPS) is 31.8. The van der Waals surface area contributed by atoms with Gasteiger partial charge in [-0.15, -0.1) is 0 Å². The van der Waals surface area contributed by atoms with Crippen molar-refractivity contribution < 1.29 is 9.53 Å². The molecule has 2 bridgehead atoms. The van der Waals surface area contributed by atoms with Crippen molar-refractivity contribution in [1.29, 1.82) is 0 Å². The Hall–Kier alpha value is -0.870. The van der Waals surface area contributed by atoms with Crippen molar-refractivity contribution in [2.24, 2.45) is 17.8 Å². The van der Waals surface area contributed by atoms with E-state index in [1.54, 1.807) is 0 Å². The van der Waals surface area contributed by atoms with Gasteiger partial charge in [-0.1, -0.05) is 12.2 Å². The molecule has 1 amide bonds. The lowest BCUT2D eigenvalue weighted by atomic mass is 9.90. The summed E-state index contributed by atoms with van der Waals surface area (Å²) in [4.78, 5) is 14.3. The van der Waals surface area contributed by atoms with Gasteiger partial charge in [0.05, 0.1) is 6.10 Å². The van der Waals surface area contributed by atoms with E-state index in [1.165, 1.54) is 12.8 Å². The van der Waals surface area contributed by atoms with Gasteiger partial charge in [0.15, 0.2) is 0 Å². The summed E-state index contributed by atoms with van der Waals surface area (Å²) in [7, 11) is 2.16. The van der Waals surface area contributed by atoms with E-state index < -0.39 is 0 Å². The second kappa shape index (κ2) is 7.60. The van der Waals surface area contributed by atoms with Gasteiger partial charge in [0, 0.05) is 32.7 Å². The molecule has 2 fully saturated rings. The Morgan fingerprint density at radius 2 is 2.09 bits per heavy atom. The maximum absolute atomic E-state index is 12.0. The molecular weight excluding hydrogens is 276 g/mol. The third kappa shape index (κ3) is 4.32. The number of carbonyl (C=O) groups excluding carboxylic acids is 1. The number of nitrogens with zero attached hydrogens (tertiary/aromatic N) is 1. The van der Waals surface area contributed by atoms with E-state index in [9.17, 15) is 4.79 Å². The molecule has 1 heterocycles. The third-order valence-corrected chi connectivity index (χ3v) is 5.53. The number of allylic oxidation sites excluding steroid dienone is 2. The number of fused-ring (bicyclic) bond motifs is 2. The Labute approximate surface area is 134 Å². The number of ether oxygens (including phenoxy) is 1. The van der Waals surface area contributed by atoms with Crippen molar-refractivity contribution in [2.75, 3.05) is 33.3 Å². The van der Waals surface area contributed by atoms with Crippen LogP contribution in [-0.4, -0.2) is 50.2 Å². The number of amides is 1. The highest BCUT2D eigenvalue weighted by Gasteiger charge is 2.36. The van der Waals surface area contributed by atoms with E-state index in [0.717, 1.165) is 51.4 Å². The summed E-state index contributed by atoms with van der Waals surface area (Å²) >= 11 is 0. The Bertz CT molecular complexity index is 402. The van der Waals surface area contributed by atoms with E-state index in [0.29, 0.717) is 24.4 Å². The molecule has 3 rings (SSSR count). The number of hydrogen-bond donors (Lipinski definition) is 1. The smallest absolute Gasteiger partial charge is 0.220 e. The summed E-state index contributed by atoms with van der Waals surface area (Å²) in [6, 6.07) is 0. The Balaban J connectivity index is 1.21. The summed E-state index contributed by atoms with van der Waals surface area (Å²) in [6.07, 6.45) is 11.5. The molecule has 0 aromatic heterocycles. The monoisotopic (exact) mass is 306 g/mol. The van der Waals surface area contributed by atoms with Crippen molar-refractivity contribution in [1.82, 2.24) is 10.2 Å². The highest BCUT2D eigenvalue weighted by Crippen LogP contribution is 2.44. The first-order chi connectivity index (χ1) is 10.7. The number of nitrogens with one attached hydrogen (secondary N) is 1. The van der Waals surface area contributed by atoms with Gasteiger partial charge in [0.25, 0.3) is 0 Å². The lowest BCUT2D eigenvalue weighted by Gasteiger charge is -2.28. The van der Waals surface area contributed by atoms with Crippen LogP contribution in [0.3, 0.4) is 0 Å². The van der Waals surface area contributed by atoms with E-state index in [2.05, 4.69) is 29.4 Å². The van der Waals surface area contributed by atoms with E-state index in [1.807, 2.05) is 0 Å². The number of rotatable bonds is 7. The second-order valence-electron chi connectivity index (χ2n) is 7.32. The van der Waals surface area contributed by atoms with Crippen LogP contribution in [0.5, 0.6) is 0 Å². The minimum Gasteiger partial charge on any atom is -0.378 e. The molecule has 124 valence electrons. The first-order valence-corrected chi connectivity index (χ1v) is 8.96.